The van der Waals surface area contributed by atoms with Gasteiger partial charge in [-0.3, -0.25) is 4.68 Å². The molecule has 0 bridgehead atoms. The summed E-state index contributed by atoms with van der Waals surface area (Å²) in [6, 6.07) is 7.26. The lowest BCUT2D eigenvalue weighted by Gasteiger charge is -2.11. The lowest BCUT2D eigenvalue weighted by Crippen LogP contribution is -2.17. The van der Waals surface area contributed by atoms with Crippen LogP contribution in [0.25, 0.3) is 11.3 Å². The summed E-state index contributed by atoms with van der Waals surface area (Å²) in [5.74, 6) is 0.0508. The summed E-state index contributed by atoms with van der Waals surface area (Å²) >= 11 is 0. The van der Waals surface area contributed by atoms with Crippen LogP contribution in [-0.2, 0) is 7.05 Å². The molecule has 1 aromatic carbocycles. The van der Waals surface area contributed by atoms with Gasteiger partial charge in [-0.15, -0.1) is 13.2 Å². The molecule has 0 aliphatic heterocycles. The van der Waals surface area contributed by atoms with Crippen LogP contribution in [-0.4, -0.2) is 16.1 Å². The van der Waals surface area contributed by atoms with E-state index in [1.165, 1.54) is 28.9 Å². The Hall–Kier alpha value is -2.18. The molecule has 0 amide bonds. The van der Waals surface area contributed by atoms with Crippen LogP contribution >= 0.6 is 0 Å². The highest BCUT2D eigenvalue weighted by atomic mass is 19.4. The van der Waals surface area contributed by atoms with E-state index in [9.17, 15) is 13.2 Å². The van der Waals surface area contributed by atoms with E-state index in [0.717, 1.165) is 0 Å². The maximum Gasteiger partial charge on any atom is 0.573 e. The van der Waals surface area contributed by atoms with Gasteiger partial charge in [-0.1, -0.05) is 12.1 Å². The summed E-state index contributed by atoms with van der Waals surface area (Å²) in [6.07, 6.45) is -4.74. The van der Waals surface area contributed by atoms with Crippen molar-refractivity contribution in [3.05, 3.63) is 30.3 Å². The molecule has 1 heterocycles. The number of rotatable bonds is 2. The van der Waals surface area contributed by atoms with Gasteiger partial charge in [-0.2, -0.15) is 5.10 Å². The Morgan fingerprint density at radius 2 is 1.94 bits per heavy atom. The van der Waals surface area contributed by atoms with Gasteiger partial charge in [0.15, 0.2) is 0 Å². The smallest absolute Gasteiger partial charge is 0.405 e. The number of benzene rings is 1. The Morgan fingerprint density at radius 3 is 2.50 bits per heavy atom. The maximum atomic E-state index is 12.2. The van der Waals surface area contributed by atoms with Crippen LogP contribution < -0.4 is 10.5 Å². The van der Waals surface area contributed by atoms with E-state index in [0.29, 0.717) is 11.5 Å². The van der Waals surface area contributed by atoms with Crippen LogP contribution in [0.3, 0.4) is 0 Å². The first-order chi connectivity index (χ1) is 8.37. The number of nitrogens with zero attached hydrogens (tertiary/aromatic N) is 2. The van der Waals surface area contributed by atoms with Crippen LogP contribution in [0.2, 0.25) is 0 Å². The van der Waals surface area contributed by atoms with Gasteiger partial charge in [0.2, 0.25) is 0 Å². The number of anilines is 1. The van der Waals surface area contributed by atoms with Gasteiger partial charge in [0.05, 0.1) is 5.69 Å². The Morgan fingerprint density at radius 1 is 1.28 bits per heavy atom. The molecular formula is C11H10F3N3O. The van der Waals surface area contributed by atoms with E-state index < -0.39 is 6.36 Å². The fraction of sp³-hybridized carbons (Fsp3) is 0.182. The van der Waals surface area contributed by atoms with Gasteiger partial charge in [-0.25, -0.2) is 0 Å². The SMILES string of the molecule is Cn1nc(-c2ccccc2OC(F)(F)F)cc1N. The molecule has 4 nitrogen and oxygen atoms in total. The number of halogens is 3. The zero-order valence-corrected chi connectivity index (χ0v) is 9.40. The van der Waals surface area contributed by atoms with Crippen molar-refractivity contribution in [2.24, 2.45) is 7.05 Å². The summed E-state index contributed by atoms with van der Waals surface area (Å²) in [5, 5.41) is 4.02. The molecule has 0 radical (unpaired) electrons. The van der Waals surface area contributed by atoms with Gasteiger partial charge >= 0.3 is 6.36 Å². The van der Waals surface area contributed by atoms with E-state index in [4.69, 9.17) is 5.73 Å². The van der Waals surface area contributed by atoms with Crippen LogP contribution in [0.1, 0.15) is 0 Å². The number of aromatic nitrogens is 2. The van der Waals surface area contributed by atoms with Gasteiger partial charge in [-0.05, 0) is 12.1 Å². The van der Waals surface area contributed by atoms with Crippen molar-refractivity contribution < 1.29 is 17.9 Å². The molecule has 96 valence electrons. The Kier molecular flexibility index (Phi) is 2.90. The third-order valence-corrected chi connectivity index (χ3v) is 2.30. The first-order valence-electron chi connectivity index (χ1n) is 5.01. The molecule has 2 N–H and O–H groups in total. The van der Waals surface area contributed by atoms with Crippen LogP contribution in [0.15, 0.2) is 30.3 Å². The molecule has 0 spiro atoms. The second-order valence-electron chi connectivity index (χ2n) is 3.62. The second-order valence-corrected chi connectivity index (χ2v) is 3.62. The average molecular weight is 257 g/mol. The molecule has 2 rings (SSSR count). The number of alkyl halides is 3. The fourth-order valence-corrected chi connectivity index (χ4v) is 1.51. The van der Waals surface area contributed by atoms with Crippen LogP contribution in [0, 0.1) is 0 Å². The summed E-state index contributed by atoms with van der Waals surface area (Å²) in [6.45, 7) is 0. The summed E-state index contributed by atoms with van der Waals surface area (Å²) in [5.41, 5.74) is 6.16. The van der Waals surface area contributed by atoms with Crippen molar-refractivity contribution in [1.29, 1.82) is 0 Å². The molecular weight excluding hydrogens is 247 g/mol. The third-order valence-electron chi connectivity index (χ3n) is 2.30. The summed E-state index contributed by atoms with van der Waals surface area (Å²) < 4.78 is 42.1. The highest BCUT2D eigenvalue weighted by Gasteiger charge is 2.32. The zero-order valence-electron chi connectivity index (χ0n) is 9.40. The quantitative estimate of drug-likeness (QED) is 0.899. The van der Waals surface area contributed by atoms with Gasteiger partial charge in [0.1, 0.15) is 11.6 Å². The minimum Gasteiger partial charge on any atom is -0.405 e. The zero-order chi connectivity index (χ0) is 13.3. The summed E-state index contributed by atoms with van der Waals surface area (Å²) in [4.78, 5) is 0. The van der Waals surface area contributed by atoms with Crippen molar-refractivity contribution in [3.8, 4) is 17.0 Å². The lowest BCUT2D eigenvalue weighted by atomic mass is 10.1. The molecule has 0 aliphatic rings. The second kappa shape index (κ2) is 4.25. The van der Waals surface area contributed by atoms with E-state index in [-0.39, 0.29) is 11.3 Å². The van der Waals surface area contributed by atoms with Gasteiger partial charge in [0.25, 0.3) is 0 Å². The van der Waals surface area contributed by atoms with E-state index in [1.807, 2.05) is 0 Å². The van der Waals surface area contributed by atoms with Crippen molar-refractivity contribution in [3.63, 3.8) is 0 Å². The lowest BCUT2D eigenvalue weighted by molar-refractivity contribution is -0.274. The first-order valence-corrected chi connectivity index (χ1v) is 5.01. The highest BCUT2D eigenvalue weighted by Crippen LogP contribution is 2.33. The standard InChI is InChI=1S/C11H10F3N3O/c1-17-10(15)6-8(16-17)7-4-2-3-5-9(7)18-11(12,13)14/h2-6H,15H2,1H3. The summed E-state index contributed by atoms with van der Waals surface area (Å²) in [7, 11) is 1.60. The highest BCUT2D eigenvalue weighted by molar-refractivity contribution is 5.69. The predicted octanol–water partition coefficient (Wildman–Crippen LogP) is 2.57. The van der Waals surface area contributed by atoms with Crippen LogP contribution in [0.4, 0.5) is 19.0 Å². The van der Waals surface area contributed by atoms with Crippen molar-refractivity contribution in [2.75, 3.05) is 5.73 Å². The molecule has 0 atom stereocenters. The molecule has 2 aromatic rings. The molecule has 18 heavy (non-hydrogen) atoms. The number of hydrogen-bond acceptors (Lipinski definition) is 3. The minimum atomic E-state index is -4.74. The Bertz CT molecular complexity index is 543. The topological polar surface area (TPSA) is 53.1 Å². The maximum absolute atomic E-state index is 12.2. The third kappa shape index (κ3) is 2.55. The van der Waals surface area contributed by atoms with E-state index >= 15 is 0 Å². The molecule has 1 aromatic heterocycles. The monoisotopic (exact) mass is 257 g/mol. The van der Waals surface area contributed by atoms with Crippen molar-refractivity contribution >= 4 is 5.82 Å². The molecule has 0 saturated carbocycles. The molecule has 0 aliphatic carbocycles. The number of hydrogen-bond donors (Lipinski definition) is 1. The Balaban J connectivity index is 2.44. The molecule has 0 unspecified atom stereocenters. The minimum absolute atomic E-state index is 0.238. The normalized spacial score (nSPS) is 11.6. The van der Waals surface area contributed by atoms with E-state index in [1.54, 1.807) is 13.1 Å². The largest absolute Gasteiger partial charge is 0.573 e. The predicted molar refractivity (Wildman–Crippen MR) is 59.7 cm³/mol. The molecule has 0 fully saturated rings. The Labute approximate surface area is 101 Å². The molecule has 7 heteroatoms. The van der Waals surface area contributed by atoms with Crippen molar-refractivity contribution in [2.45, 2.75) is 6.36 Å². The van der Waals surface area contributed by atoms with Crippen LogP contribution in [0.5, 0.6) is 5.75 Å². The molecule has 0 saturated heterocycles. The number of aryl methyl sites for hydroxylation is 1. The first kappa shape index (κ1) is 12.3. The number of ether oxygens (including phenoxy) is 1. The number of nitrogens with two attached hydrogens (primary N) is 1. The van der Waals surface area contributed by atoms with Gasteiger partial charge < -0.3 is 10.5 Å². The number of nitrogen functional groups attached to an aromatic ring is 1. The van der Waals surface area contributed by atoms with Gasteiger partial charge in [0, 0.05) is 18.7 Å². The number of para-hydroxylation sites is 1. The fourth-order valence-electron chi connectivity index (χ4n) is 1.51. The van der Waals surface area contributed by atoms with E-state index in [2.05, 4.69) is 9.84 Å². The average Bonchev–Trinajstić information content (AvgIpc) is 2.57. The van der Waals surface area contributed by atoms with Crippen molar-refractivity contribution in [1.82, 2.24) is 9.78 Å².